The summed E-state index contributed by atoms with van der Waals surface area (Å²) >= 11 is 0. The number of allylic oxidation sites excluding steroid dienone is 1. The number of hydrogen-bond acceptors (Lipinski definition) is 5. The zero-order valence-electron chi connectivity index (χ0n) is 16.4. The van der Waals surface area contributed by atoms with Crippen molar-refractivity contribution < 1.29 is 9.31 Å². The predicted octanol–water partition coefficient (Wildman–Crippen LogP) is 5.20. The molecule has 0 amide bonds. The standard InChI is InChI=1S/C21H23FN4O2/c1-5-25-20-11-19(22)15(10-18(20)14(2)12-21(25,3)4)13-23-24-16-6-8-17(9-7-16)26(27)28/h6-13,24H,5H2,1-4H3/b23-13-. The lowest BCUT2D eigenvalue weighted by Gasteiger charge is -2.42. The summed E-state index contributed by atoms with van der Waals surface area (Å²) in [6.07, 6.45) is 3.60. The fourth-order valence-corrected chi connectivity index (χ4v) is 3.63. The molecule has 6 nitrogen and oxygen atoms in total. The number of nitrogens with one attached hydrogen (secondary N) is 1. The van der Waals surface area contributed by atoms with Gasteiger partial charge in [-0.1, -0.05) is 6.08 Å². The van der Waals surface area contributed by atoms with Crippen LogP contribution < -0.4 is 10.3 Å². The number of nitrogens with zero attached hydrogens (tertiary/aromatic N) is 3. The van der Waals surface area contributed by atoms with Crippen LogP contribution in [0.3, 0.4) is 0 Å². The molecule has 1 aliphatic rings. The van der Waals surface area contributed by atoms with Crippen LogP contribution in [-0.4, -0.2) is 23.2 Å². The van der Waals surface area contributed by atoms with E-state index in [4.69, 9.17) is 0 Å². The highest BCUT2D eigenvalue weighted by Gasteiger charge is 2.30. The zero-order valence-corrected chi connectivity index (χ0v) is 16.4. The maximum Gasteiger partial charge on any atom is 0.269 e. The van der Waals surface area contributed by atoms with E-state index in [2.05, 4.69) is 42.3 Å². The minimum Gasteiger partial charge on any atom is -0.363 e. The number of rotatable bonds is 5. The Balaban J connectivity index is 1.85. The number of non-ortho nitro benzene ring substituents is 1. The van der Waals surface area contributed by atoms with Crippen LogP contribution in [0.5, 0.6) is 0 Å². The molecule has 0 bridgehead atoms. The molecule has 0 aliphatic carbocycles. The number of benzene rings is 2. The van der Waals surface area contributed by atoms with Crippen molar-refractivity contribution in [3.8, 4) is 0 Å². The maximum atomic E-state index is 14.7. The maximum absolute atomic E-state index is 14.7. The monoisotopic (exact) mass is 382 g/mol. The molecule has 2 aromatic carbocycles. The summed E-state index contributed by atoms with van der Waals surface area (Å²) in [6.45, 7) is 9.09. The Kier molecular flexibility index (Phi) is 5.18. The summed E-state index contributed by atoms with van der Waals surface area (Å²) < 4.78 is 14.7. The second-order valence-corrected chi connectivity index (χ2v) is 7.29. The number of nitro groups is 1. The third-order valence-corrected chi connectivity index (χ3v) is 4.89. The smallest absolute Gasteiger partial charge is 0.269 e. The summed E-state index contributed by atoms with van der Waals surface area (Å²) in [4.78, 5) is 12.4. The number of likely N-dealkylation sites (N-methyl/N-ethyl adjacent to an activating group) is 1. The van der Waals surface area contributed by atoms with Crippen molar-refractivity contribution in [2.45, 2.75) is 33.2 Å². The van der Waals surface area contributed by atoms with E-state index in [9.17, 15) is 14.5 Å². The van der Waals surface area contributed by atoms with Gasteiger partial charge in [-0.05, 0) is 57.5 Å². The molecule has 3 rings (SSSR count). The average Bonchev–Trinajstić information content (AvgIpc) is 2.62. The van der Waals surface area contributed by atoms with E-state index >= 15 is 0 Å². The molecule has 0 fully saturated rings. The quantitative estimate of drug-likeness (QED) is 0.438. The van der Waals surface area contributed by atoms with Crippen molar-refractivity contribution in [2.24, 2.45) is 5.10 Å². The van der Waals surface area contributed by atoms with Crippen LogP contribution >= 0.6 is 0 Å². The van der Waals surface area contributed by atoms with Crippen molar-refractivity contribution in [3.63, 3.8) is 0 Å². The molecular weight excluding hydrogens is 359 g/mol. The highest BCUT2D eigenvalue weighted by atomic mass is 19.1. The lowest BCUT2D eigenvalue weighted by molar-refractivity contribution is -0.384. The first-order valence-corrected chi connectivity index (χ1v) is 9.07. The van der Waals surface area contributed by atoms with Crippen molar-refractivity contribution in [1.82, 2.24) is 0 Å². The van der Waals surface area contributed by atoms with Crippen LogP contribution in [0.15, 0.2) is 47.6 Å². The van der Waals surface area contributed by atoms with E-state index in [1.54, 1.807) is 24.3 Å². The second-order valence-electron chi connectivity index (χ2n) is 7.29. The average molecular weight is 382 g/mol. The highest BCUT2D eigenvalue weighted by molar-refractivity contribution is 5.88. The minimum absolute atomic E-state index is 0.000858. The van der Waals surface area contributed by atoms with Gasteiger partial charge < -0.3 is 4.90 Å². The van der Waals surface area contributed by atoms with Crippen molar-refractivity contribution in [2.75, 3.05) is 16.9 Å². The lowest BCUT2D eigenvalue weighted by atomic mass is 9.88. The first-order chi connectivity index (χ1) is 13.2. The van der Waals surface area contributed by atoms with Gasteiger partial charge in [-0.2, -0.15) is 5.10 Å². The molecule has 0 atom stereocenters. The molecule has 0 aromatic heterocycles. The number of hydrogen-bond donors (Lipinski definition) is 1. The highest BCUT2D eigenvalue weighted by Crippen LogP contribution is 2.39. The summed E-state index contributed by atoms with van der Waals surface area (Å²) in [7, 11) is 0. The Morgan fingerprint density at radius 3 is 2.57 bits per heavy atom. The SMILES string of the molecule is CCN1c2cc(F)c(/C=N\Nc3ccc([N+](=O)[O-])cc3)cc2C(C)=CC1(C)C. The van der Waals surface area contributed by atoms with Gasteiger partial charge in [0.15, 0.2) is 0 Å². The van der Waals surface area contributed by atoms with E-state index in [0.717, 1.165) is 23.4 Å². The van der Waals surface area contributed by atoms with Gasteiger partial charge in [-0.15, -0.1) is 0 Å². The first kappa shape index (κ1) is 19.5. The van der Waals surface area contributed by atoms with Crippen molar-refractivity contribution in [3.05, 3.63) is 69.5 Å². The van der Waals surface area contributed by atoms with Gasteiger partial charge in [0.05, 0.1) is 22.4 Å². The normalized spacial score (nSPS) is 15.3. The van der Waals surface area contributed by atoms with E-state index in [-0.39, 0.29) is 17.0 Å². The number of nitro benzene ring substituents is 1. The van der Waals surface area contributed by atoms with Crippen molar-refractivity contribution >= 4 is 28.8 Å². The van der Waals surface area contributed by atoms with Gasteiger partial charge in [0.1, 0.15) is 5.82 Å². The molecule has 1 heterocycles. The van der Waals surface area contributed by atoms with Gasteiger partial charge in [0.2, 0.25) is 0 Å². The van der Waals surface area contributed by atoms with Crippen LogP contribution in [-0.2, 0) is 0 Å². The van der Waals surface area contributed by atoms with E-state index in [0.29, 0.717) is 11.3 Å². The van der Waals surface area contributed by atoms with E-state index in [1.807, 2.05) is 6.92 Å². The van der Waals surface area contributed by atoms with Gasteiger partial charge in [-0.25, -0.2) is 4.39 Å². The van der Waals surface area contributed by atoms with Gasteiger partial charge in [-0.3, -0.25) is 15.5 Å². The Bertz CT molecular complexity index is 965. The number of hydrazone groups is 1. The summed E-state index contributed by atoms with van der Waals surface area (Å²) in [5.74, 6) is -0.350. The molecule has 0 saturated heterocycles. The Hall–Kier alpha value is -3.22. The van der Waals surface area contributed by atoms with Gasteiger partial charge in [0.25, 0.3) is 5.69 Å². The number of halogens is 1. The molecule has 7 heteroatoms. The summed E-state index contributed by atoms with van der Waals surface area (Å²) in [5.41, 5.74) is 6.51. The Labute approximate surface area is 163 Å². The van der Waals surface area contributed by atoms with Crippen LogP contribution in [0.1, 0.15) is 38.8 Å². The Morgan fingerprint density at radius 2 is 1.96 bits per heavy atom. The summed E-state index contributed by atoms with van der Waals surface area (Å²) in [5, 5.41) is 14.8. The van der Waals surface area contributed by atoms with Crippen LogP contribution in [0.2, 0.25) is 0 Å². The second kappa shape index (κ2) is 7.42. The molecule has 146 valence electrons. The largest absolute Gasteiger partial charge is 0.363 e. The van der Waals surface area contributed by atoms with Gasteiger partial charge in [0, 0.05) is 35.5 Å². The van der Waals surface area contributed by atoms with Crippen molar-refractivity contribution in [1.29, 1.82) is 0 Å². The molecule has 0 spiro atoms. The van der Waals surface area contributed by atoms with Crippen LogP contribution in [0, 0.1) is 15.9 Å². The molecule has 0 unspecified atom stereocenters. The number of anilines is 2. The third kappa shape index (κ3) is 3.74. The minimum atomic E-state index is -0.466. The fraction of sp³-hybridized carbons (Fsp3) is 0.286. The number of fused-ring (bicyclic) bond motifs is 1. The molecule has 0 saturated carbocycles. The van der Waals surface area contributed by atoms with E-state index in [1.165, 1.54) is 18.3 Å². The van der Waals surface area contributed by atoms with Gasteiger partial charge >= 0.3 is 0 Å². The van der Waals surface area contributed by atoms with E-state index < -0.39 is 4.92 Å². The molecular formula is C21H23FN4O2. The zero-order chi connectivity index (χ0) is 20.5. The topological polar surface area (TPSA) is 70.8 Å². The molecule has 1 N–H and O–H groups in total. The molecule has 1 aliphatic heterocycles. The first-order valence-electron chi connectivity index (χ1n) is 9.07. The Morgan fingerprint density at radius 1 is 1.29 bits per heavy atom. The third-order valence-electron chi connectivity index (χ3n) is 4.89. The van der Waals surface area contributed by atoms with Crippen LogP contribution in [0.4, 0.5) is 21.5 Å². The molecule has 0 radical (unpaired) electrons. The van der Waals surface area contributed by atoms with Crippen LogP contribution in [0.25, 0.3) is 5.57 Å². The summed E-state index contributed by atoms with van der Waals surface area (Å²) in [6, 6.07) is 9.22. The molecule has 2 aromatic rings. The fourth-order valence-electron chi connectivity index (χ4n) is 3.63. The lowest BCUT2D eigenvalue weighted by Crippen LogP contribution is -2.45. The molecule has 28 heavy (non-hydrogen) atoms. The predicted molar refractivity (Wildman–Crippen MR) is 111 cm³/mol.